The van der Waals surface area contributed by atoms with E-state index in [1.807, 2.05) is 0 Å². The van der Waals surface area contributed by atoms with Crippen LogP contribution in [0.4, 0.5) is 0 Å². The number of carboxylic acid groups (broad SMARTS) is 1. The second kappa shape index (κ2) is 6.32. The van der Waals surface area contributed by atoms with Crippen LogP contribution < -0.4 is 5.32 Å². The Hall–Kier alpha value is -2.17. The van der Waals surface area contributed by atoms with E-state index in [1.165, 1.54) is 12.3 Å². The maximum Gasteiger partial charge on any atom is 0.328 e. The molecule has 2 atom stereocenters. The monoisotopic (exact) mass is 274 g/mol. The van der Waals surface area contributed by atoms with Crippen LogP contribution in [0.2, 0.25) is 0 Å². The lowest BCUT2D eigenvalue weighted by Crippen LogP contribution is -2.37. The number of hydrogen-bond acceptors (Lipinski definition) is 3. The van der Waals surface area contributed by atoms with E-state index in [0.29, 0.717) is 11.5 Å². The summed E-state index contributed by atoms with van der Waals surface area (Å²) in [4.78, 5) is 26.9. The summed E-state index contributed by atoms with van der Waals surface area (Å²) in [5.74, 6) is -0.820. The van der Waals surface area contributed by atoms with Crippen molar-refractivity contribution in [2.45, 2.75) is 32.2 Å². The molecule has 0 bridgehead atoms. The third kappa shape index (κ3) is 3.44. The van der Waals surface area contributed by atoms with Gasteiger partial charge in [-0.25, -0.2) is 4.79 Å². The quantitative estimate of drug-likeness (QED) is 0.824. The highest BCUT2D eigenvalue weighted by atomic mass is 16.4. The van der Waals surface area contributed by atoms with Gasteiger partial charge in [-0.3, -0.25) is 9.78 Å². The maximum absolute atomic E-state index is 12.3. The summed E-state index contributed by atoms with van der Waals surface area (Å²) in [6.07, 6.45) is 7.17. The Labute approximate surface area is 117 Å². The van der Waals surface area contributed by atoms with Crippen LogP contribution in [0.25, 0.3) is 6.08 Å². The van der Waals surface area contributed by atoms with Crippen LogP contribution in [0.15, 0.2) is 24.4 Å². The van der Waals surface area contributed by atoms with Gasteiger partial charge in [-0.1, -0.05) is 19.4 Å². The first kappa shape index (κ1) is 14.2. The van der Waals surface area contributed by atoms with Crippen molar-refractivity contribution in [1.82, 2.24) is 10.3 Å². The fourth-order valence-electron chi connectivity index (χ4n) is 2.50. The Bertz CT molecular complexity index is 540. The Morgan fingerprint density at radius 3 is 2.90 bits per heavy atom. The zero-order valence-electron chi connectivity index (χ0n) is 11.4. The van der Waals surface area contributed by atoms with Gasteiger partial charge in [0.25, 0.3) is 5.91 Å². The minimum atomic E-state index is -1.05. The molecule has 1 heterocycles. The van der Waals surface area contributed by atoms with Gasteiger partial charge in [0.2, 0.25) is 0 Å². The minimum Gasteiger partial charge on any atom is -0.478 e. The summed E-state index contributed by atoms with van der Waals surface area (Å²) in [5.41, 5.74) is 0.780. The molecule has 5 heteroatoms. The Morgan fingerprint density at radius 2 is 2.25 bits per heavy atom. The van der Waals surface area contributed by atoms with E-state index in [-0.39, 0.29) is 17.6 Å². The standard InChI is InChI=1S/C15H18N2O3/c1-10-4-2-6-12(10)17-15(20)14-11(5-3-9-16-14)7-8-13(18)19/h3,5,7-10,12H,2,4,6H2,1H3,(H,17,20)(H,18,19)/b8-7+. The highest BCUT2D eigenvalue weighted by Gasteiger charge is 2.25. The molecule has 1 amide bonds. The molecule has 2 rings (SSSR count). The molecule has 2 unspecified atom stereocenters. The van der Waals surface area contributed by atoms with Gasteiger partial charge in [0.15, 0.2) is 0 Å². The predicted molar refractivity (Wildman–Crippen MR) is 75.2 cm³/mol. The van der Waals surface area contributed by atoms with Crippen LogP contribution in [-0.4, -0.2) is 28.0 Å². The average molecular weight is 274 g/mol. The van der Waals surface area contributed by atoms with Crippen molar-refractivity contribution in [2.75, 3.05) is 0 Å². The van der Waals surface area contributed by atoms with Crippen LogP contribution in [0, 0.1) is 5.92 Å². The molecule has 1 aliphatic carbocycles. The van der Waals surface area contributed by atoms with Crippen LogP contribution in [-0.2, 0) is 4.79 Å². The summed E-state index contributed by atoms with van der Waals surface area (Å²) >= 11 is 0. The molecule has 1 aromatic rings. The summed E-state index contributed by atoms with van der Waals surface area (Å²) in [5, 5.41) is 11.7. The number of amides is 1. The number of rotatable bonds is 4. The highest BCUT2D eigenvalue weighted by molar-refractivity contribution is 5.97. The summed E-state index contributed by atoms with van der Waals surface area (Å²) in [6.45, 7) is 2.13. The third-order valence-electron chi connectivity index (χ3n) is 3.64. The number of hydrogen-bond donors (Lipinski definition) is 2. The van der Waals surface area contributed by atoms with E-state index < -0.39 is 5.97 Å². The van der Waals surface area contributed by atoms with Gasteiger partial charge in [-0.05, 0) is 30.9 Å². The first-order valence-corrected chi connectivity index (χ1v) is 6.75. The largest absolute Gasteiger partial charge is 0.478 e. The summed E-state index contributed by atoms with van der Waals surface area (Å²) in [7, 11) is 0. The van der Waals surface area contributed by atoms with Crippen LogP contribution in [0.1, 0.15) is 42.2 Å². The zero-order chi connectivity index (χ0) is 14.5. The number of carbonyl (C=O) groups is 2. The second-order valence-electron chi connectivity index (χ2n) is 5.10. The van der Waals surface area contributed by atoms with Gasteiger partial charge in [0, 0.05) is 23.9 Å². The van der Waals surface area contributed by atoms with E-state index in [0.717, 1.165) is 25.3 Å². The van der Waals surface area contributed by atoms with E-state index >= 15 is 0 Å². The Morgan fingerprint density at radius 1 is 1.45 bits per heavy atom. The van der Waals surface area contributed by atoms with Gasteiger partial charge in [0.05, 0.1) is 0 Å². The minimum absolute atomic E-state index is 0.181. The van der Waals surface area contributed by atoms with Gasteiger partial charge in [-0.15, -0.1) is 0 Å². The van der Waals surface area contributed by atoms with E-state index in [2.05, 4.69) is 17.2 Å². The molecule has 1 fully saturated rings. The smallest absolute Gasteiger partial charge is 0.328 e. The van der Waals surface area contributed by atoms with Gasteiger partial charge in [0.1, 0.15) is 5.69 Å². The number of aromatic nitrogens is 1. The number of carboxylic acids is 1. The fourth-order valence-corrected chi connectivity index (χ4v) is 2.50. The number of carbonyl (C=O) groups excluding carboxylic acids is 1. The number of pyridine rings is 1. The lowest BCUT2D eigenvalue weighted by atomic mass is 10.1. The first-order chi connectivity index (χ1) is 9.58. The number of nitrogens with zero attached hydrogens (tertiary/aromatic N) is 1. The van der Waals surface area contributed by atoms with Crippen molar-refractivity contribution in [2.24, 2.45) is 5.92 Å². The lowest BCUT2D eigenvalue weighted by molar-refractivity contribution is -0.131. The molecule has 0 aromatic carbocycles. The molecule has 1 saturated carbocycles. The molecule has 1 aromatic heterocycles. The van der Waals surface area contributed by atoms with Crippen LogP contribution in [0.5, 0.6) is 0 Å². The van der Waals surface area contributed by atoms with E-state index in [9.17, 15) is 9.59 Å². The Balaban J connectivity index is 2.15. The molecular weight excluding hydrogens is 256 g/mol. The Kier molecular flexibility index (Phi) is 4.50. The van der Waals surface area contributed by atoms with E-state index in [4.69, 9.17) is 5.11 Å². The molecule has 0 aliphatic heterocycles. The normalized spacial score (nSPS) is 22.1. The molecule has 0 saturated heterocycles. The molecule has 0 radical (unpaired) electrons. The molecule has 1 aliphatic rings. The SMILES string of the molecule is CC1CCCC1NC(=O)c1ncccc1/C=C/C(=O)O. The lowest BCUT2D eigenvalue weighted by Gasteiger charge is -2.17. The topological polar surface area (TPSA) is 79.3 Å². The molecule has 0 spiro atoms. The van der Waals surface area contributed by atoms with Crippen molar-refractivity contribution in [3.8, 4) is 0 Å². The van der Waals surface area contributed by atoms with Crippen LogP contribution in [0.3, 0.4) is 0 Å². The molecule has 20 heavy (non-hydrogen) atoms. The number of nitrogens with one attached hydrogen (secondary N) is 1. The van der Waals surface area contributed by atoms with E-state index in [1.54, 1.807) is 12.1 Å². The molecule has 2 N–H and O–H groups in total. The average Bonchev–Trinajstić information content (AvgIpc) is 2.82. The maximum atomic E-state index is 12.3. The van der Waals surface area contributed by atoms with Crippen molar-refractivity contribution < 1.29 is 14.7 Å². The number of aliphatic carboxylic acids is 1. The van der Waals surface area contributed by atoms with Crippen molar-refractivity contribution >= 4 is 18.0 Å². The van der Waals surface area contributed by atoms with Crippen molar-refractivity contribution in [3.63, 3.8) is 0 Å². The zero-order valence-corrected chi connectivity index (χ0v) is 11.4. The van der Waals surface area contributed by atoms with Crippen molar-refractivity contribution in [1.29, 1.82) is 0 Å². The summed E-state index contributed by atoms with van der Waals surface area (Å²) in [6, 6.07) is 3.54. The molecular formula is C15H18N2O3. The molecule has 106 valence electrons. The fraction of sp³-hybridized carbons (Fsp3) is 0.400. The van der Waals surface area contributed by atoms with Gasteiger partial charge < -0.3 is 10.4 Å². The first-order valence-electron chi connectivity index (χ1n) is 6.75. The van der Waals surface area contributed by atoms with Gasteiger partial charge >= 0.3 is 5.97 Å². The third-order valence-corrected chi connectivity index (χ3v) is 3.64. The van der Waals surface area contributed by atoms with Crippen LogP contribution >= 0.6 is 0 Å². The molecule has 5 nitrogen and oxygen atoms in total. The predicted octanol–water partition coefficient (Wildman–Crippen LogP) is 2.10. The summed E-state index contributed by atoms with van der Waals surface area (Å²) < 4.78 is 0. The van der Waals surface area contributed by atoms with Gasteiger partial charge in [-0.2, -0.15) is 0 Å². The highest BCUT2D eigenvalue weighted by Crippen LogP contribution is 2.25. The van der Waals surface area contributed by atoms with Crippen molar-refractivity contribution in [3.05, 3.63) is 35.7 Å². The second-order valence-corrected chi connectivity index (χ2v) is 5.10.